The number of rotatable bonds is 7. The molecule has 52 heavy (non-hydrogen) atoms. The molecule has 0 spiro atoms. The van der Waals surface area contributed by atoms with Gasteiger partial charge in [-0.2, -0.15) is 22.7 Å². The van der Waals surface area contributed by atoms with E-state index in [1.54, 1.807) is 34.2 Å². The smallest absolute Gasteiger partial charge is 0.362 e. The summed E-state index contributed by atoms with van der Waals surface area (Å²) in [5.41, 5.74) is 1.20. The first-order valence-corrected chi connectivity index (χ1v) is 17.3. The molecule has 7 rings (SSSR count). The number of piperazine rings is 1. The molecule has 0 saturated carbocycles. The Balaban J connectivity index is 1.20. The summed E-state index contributed by atoms with van der Waals surface area (Å²) >= 11 is 7.30. The lowest BCUT2D eigenvalue weighted by atomic mass is 10.2. The summed E-state index contributed by atoms with van der Waals surface area (Å²) in [6.07, 6.45) is 0.595. The summed E-state index contributed by atoms with van der Waals surface area (Å²) < 4.78 is 42.3. The van der Waals surface area contributed by atoms with Gasteiger partial charge in [-0.25, -0.2) is 4.98 Å². The lowest BCUT2D eigenvalue weighted by Crippen LogP contribution is -2.53. The molecule has 1 saturated heterocycles. The SMILES string of the molecule is CCc1c(N2CCN(C(=O)C(=O)Nc3nccs3)CC2)c(=O)n2nc(N3Cc4ccncc4C3)nc2n1CC(=O)Nc1ccc(C(F)(F)F)cc1Cl. The number of nitrogens with zero attached hydrogens (tertiary/aromatic N) is 9. The van der Waals surface area contributed by atoms with Gasteiger partial charge >= 0.3 is 18.0 Å². The quantitative estimate of drug-likeness (QED) is 0.236. The molecular formula is C32H29ClF3N11O4S. The van der Waals surface area contributed by atoms with E-state index in [0.29, 0.717) is 23.9 Å². The molecule has 3 amide bonds. The summed E-state index contributed by atoms with van der Waals surface area (Å²) in [7, 11) is 0. The Morgan fingerprint density at radius 3 is 2.44 bits per heavy atom. The number of carbonyl (C=O) groups excluding carboxylic acids is 3. The first-order chi connectivity index (χ1) is 24.9. The molecule has 6 heterocycles. The number of thiazole rings is 1. The molecule has 15 nitrogen and oxygen atoms in total. The lowest BCUT2D eigenvalue weighted by molar-refractivity contribution is -0.143. The van der Waals surface area contributed by atoms with Gasteiger partial charge in [0.2, 0.25) is 17.6 Å². The second-order valence-corrected chi connectivity index (χ2v) is 13.3. The fourth-order valence-electron chi connectivity index (χ4n) is 6.25. The van der Waals surface area contributed by atoms with Gasteiger partial charge in [0, 0.05) is 63.2 Å². The van der Waals surface area contributed by atoms with Crippen molar-refractivity contribution in [3.63, 3.8) is 0 Å². The fraction of sp³-hybridized carbons (Fsp3) is 0.312. The van der Waals surface area contributed by atoms with Crippen LogP contribution in [0.5, 0.6) is 0 Å². The molecule has 270 valence electrons. The number of benzene rings is 1. The van der Waals surface area contributed by atoms with E-state index in [0.717, 1.165) is 33.8 Å². The van der Waals surface area contributed by atoms with Gasteiger partial charge in [-0.1, -0.05) is 18.5 Å². The van der Waals surface area contributed by atoms with Crippen molar-refractivity contribution in [2.24, 2.45) is 0 Å². The number of hydrogen-bond acceptors (Lipinski definition) is 11. The third-order valence-electron chi connectivity index (χ3n) is 8.76. The molecule has 5 aromatic rings. The maximum Gasteiger partial charge on any atom is 0.416 e. The topological polar surface area (TPSA) is 163 Å². The van der Waals surface area contributed by atoms with E-state index in [1.807, 2.05) is 11.0 Å². The Kier molecular flexibility index (Phi) is 9.30. The van der Waals surface area contributed by atoms with Gasteiger partial charge in [-0.05, 0) is 41.8 Å². The van der Waals surface area contributed by atoms with E-state index < -0.39 is 41.6 Å². The van der Waals surface area contributed by atoms with Crippen molar-refractivity contribution in [1.82, 2.24) is 34.0 Å². The van der Waals surface area contributed by atoms with Crippen LogP contribution in [-0.4, -0.2) is 77.9 Å². The Hall–Kier alpha value is -5.56. The minimum atomic E-state index is -4.62. The number of amides is 3. The van der Waals surface area contributed by atoms with Crippen LogP contribution in [0.4, 0.5) is 35.6 Å². The molecule has 20 heteroatoms. The minimum absolute atomic E-state index is 0.0275. The van der Waals surface area contributed by atoms with Crippen LogP contribution < -0.4 is 26.0 Å². The van der Waals surface area contributed by atoms with Crippen LogP contribution in [0.1, 0.15) is 29.3 Å². The molecule has 1 aromatic carbocycles. The third kappa shape index (κ3) is 6.75. The standard InChI is InChI=1S/C32H29ClF3N11O4S/c1-2-23-25(43-8-10-44(11-9-43)28(51)26(49)40-30-38-7-12-52-30)27(50)47-31(41-29(42-47)45-15-18-5-6-37-14-19(18)16-45)46(23)17-24(48)39-22-4-3-20(13-21(22)33)32(34,35)36/h3-7,12-14H,2,8-11,15-17H2,1H3,(H,39,48)(H,38,40,49). The average Bonchev–Trinajstić information content (AvgIpc) is 3.90. The molecule has 0 atom stereocenters. The van der Waals surface area contributed by atoms with E-state index in [4.69, 9.17) is 16.6 Å². The predicted molar refractivity (Wildman–Crippen MR) is 185 cm³/mol. The number of hydrogen-bond donors (Lipinski definition) is 2. The van der Waals surface area contributed by atoms with Crippen LogP contribution in [0, 0.1) is 0 Å². The summed E-state index contributed by atoms with van der Waals surface area (Å²) in [5, 5.41) is 11.3. The number of alkyl halides is 3. The zero-order chi connectivity index (χ0) is 36.7. The van der Waals surface area contributed by atoms with Crippen molar-refractivity contribution in [3.8, 4) is 0 Å². The number of carbonyl (C=O) groups is 3. The number of pyridine rings is 1. The molecule has 2 aliphatic heterocycles. The highest BCUT2D eigenvalue weighted by atomic mass is 35.5. The Morgan fingerprint density at radius 1 is 1.00 bits per heavy atom. The van der Waals surface area contributed by atoms with Gasteiger partial charge < -0.3 is 24.6 Å². The van der Waals surface area contributed by atoms with E-state index in [9.17, 15) is 32.3 Å². The summed E-state index contributed by atoms with van der Waals surface area (Å²) in [4.78, 5) is 71.2. The van der Waals surface area contributed by atoms with Gasteiger partial charge in [0.25, 0.3) is 5.56 Å². The monoisotopic (exact) mass is 755 g/mol. The Labute approximate surface area is 301 Å². The molecule has 1 fully saturated rings. The minimum Gasteiger partial charge on any atom is -0.362 e. The van der Waals surface area contributed by atoms with Crippen LogP contribution in [0.2, 0.25) is 5.02 Å². The second-order valence-electron chi connectivity index (χ2n) is 12.0. The number of aromatic nitrogens is 6. The van der Waals surface area contributed by atoms with Crippen LogP contribution in [0.3, 0.4) is 0 Å². The number of anilines is 4. The van der Waals surface area contributed by atoms with Gasteiger partial charge in [-0.15, -0.1) is 16.4 Å². The molecule has 0 radical (unpaired) electrons. The van der Waals surface area contributed by atoms with E-state index >= 15 is 0 Å². The van der Waals surface area contributed by atoms with Crippen LogP contribution in [-0.2, 0) is 46.6 Å². The van der Waals surface area contributed by atoms with Crippen molar-refractivity contribution in [1.29, 1.82) is 0 Å². The maximum atomic E-state index is 14.3. The molecule has 2 N–H and O–H groups in total. The highest BCUT2D eigenvalue weighted by molar-refractivity contribution is 7.13. The van der Waals surface area contributed by atoms with Crippen molar-refractivity contribution < 1.29 is 27.6 Å². The molecule has 0 aliphatic carbocycles. The highest BCUT2D eigenvalue weighted by Gasteiger charge is 2.33. The van der Waals surface area contributed by atoms with Crippen molar-refractivity contribution in [2.45, 2.75) is 39.2 Å². The van der Waals surface area contributed by atoms with Gasteiger partial charge in [-0.3, -0.25) is 29.5 Å². The zero-order valence-corrected chi connectivity index (χ0v) is 28.9. The van der Waals surface area contributed by atoms with Crippen molar-refractivity contribution in [2.75, 3.05) is 46.6 Å². The van der Waals surface area contributed by atoms with Crippen LogP contribution in [0.15, 0.2) is 53.0 Å². The first-order valence-electron chi connectivity index (χ1n) is 16.0. The first kappa shape index (κ1) is 34.9. The van der Waals surface area contributed by atoms with Gasteiger partial charge in [0.05, 0.1) is 22.0 Å². The predicted octanol–water partition coefficient (Wildman–Crippen LogP) is 3.42. The van der Waals surface area contributed by atoms with E-state index in [2.05, 4.69) is 25.7 Å². The van der Waals surface area contributed by atoms with Crippen molar-refractivity contribution >= 4 is 68.9 Å². The summed E-state index contributed by atoms with van der Waals surface area (Å²) in [6.45, 7) is 2.95. The molecule has 0 unspecified atom stereocenters. The highest BCUT2D eigenvalue weighted by Crippen LogP contribution is 2.34. The maximum absolute atomic E-state index is 14.3. The normalized spacial score (nSPS) is 14.5. The third-order valence-corrected chi connectivity index (χ3v) is 9.76. The lowest BCUT2D eigenvalue weighted by Gasteiger charge is -2.36. The molecule has 0 bridgehead atoms. The Morgan fingerprint density at radius 2 is 1.77 bits per heavy atom. The average molecular weight is 756 g/mol. The number of halogens is 4. The fourth-order valence-corrected chi connectivity index (χ4v) is 7.00. The summed E-state index contributed by atoms with van der Waals surface area (Å²) in [6, 6.07) is 4.51. The largest absolute Gasteiger partial charge is 0.416 e. The number of fused-ring (bicyclic) bond motifs is 2. The Bertz CT molecular complexity index is 2230. The molecular weight excluding hydrogens is 727 g/mol. The van der Waals surface area contributed by atoms with Crippen molar-refractivity contribution in [3.05, 3.63) is 86.0 Å². The number of nitrogens with one attached hydrogen (secondary N) is 2. The second kappa shape index (κ2) is 13.9. The zero-order valence-electron chi connectivity index (χ0n) is 27.4. The van der Waals surface area contributed by atoms with Gasteiger partial charge in [0.1, 0.15) is 12.2 Å². The van der Waals surface area contributed by atoms with E-state index in [-0.39, 0.29) is 60.7 Å². The summed E-state index contributed by atoms with van der Waals surface area (Å²) in [5.74, 6) is -1.88. The van der Waals surface area contributed by atoms with Crippen LogP contribution >= 0.6 is 22.9 Å². The van der Waals surface area contributed by atoms with Gasteiger partial charge in [0.15, 0.2) is 5.13 Å². The molecule has 4 aromatic heterocycles. The van der Waals surface area contributed by atoms with Crippen LogP contribution in [0.25, 0.3) is 5.78 Å². The molecule has 2 aliphatic rings. The van der Waals surface area contributed by atoms with E-state index in [1.165, 1.54) is 22.4 Å².